The second-order valence-electron chi connectivity index (χ2n) is 10.5. The number of carboxylic acids is 3. The van der Waals surface area contributed by atoms with E-state index in [1.54, 1.807) is 13.8 Å². The van der Waals surface area contributed by atoms with Crippen LogP contribution < -0.4 is 0 Å². The third kappa shape index (κ3) is 37.0. The minimum absolute atomic E-state index is 0.343. The van der Waals surface area contributed by atoms with Gasteiger partial charge in [-0.3, -0.25) is 14.4 Å². The van der Waals surface area contributed by atoms with Crippen molar-refractivity contribution in [3.8, 4) is 0 Å². The molecule has 36 heavy (non-hydrogen) atoms. The van der Waals surface area contributed by atoms with Crippen LogP contribution in [0.4, 0.5) is 0 Å². The summed E-state index contributed by atoms with van der Waals surface area (Å²) in [5.74, 6) is -2.04. The van der Waals surface area contributed by atoms with E-state index in [1.165, 1.54) is 89.9 Å². The molecule has 6 heteroatoms. The van der Waals surface area contributed by atoms with Crippen LogP contribution in [-0.2, 0) is 14.4 Å². The van der Waals surface area contributed by atoms with Crippen molar-refractivity contribution in [1.82, 2.24) is 0 Å². The van der Waals surface area contributed by atoms with Gasteiger partial charge in [-0.15, -0.1) is 0 Å². The molecule has 0 aliphatic rings. The molecule has 0 radical (unpaired) electrons. The highest BCUT2D eigenvalue weighted by Gasteiger charge is 2.23. The lowest BCUT2D eigenvalue weighted by atomic mass is 9.91. The molecule has 216 valence electrons. The fourth-order valence-corrected chi connectivity index (χ4v) is 3.32. The van der Waals surface area contributed by atoms with Crippen molar-refractivity contribution in [1.29, 1.82) is 0 Å². The van der Waals surface area contributed by atoms with Gasteiger partial charge < -0.3 is 15.3 Å². The van der Waals surface area contributed by atoms with E-state index in [0.717, 1.165) is 25.7 Å². The molecule has 6 nitrogen and oxygen atoms in total. The van der Waals surface area contributed by atoms with E-state index in [2.05, 4.69) is 13.8 Å². The van der Waals surface area contributed by atoms with Crippen LogP contribution in [0.15, 0.2) is 0 Å². The molecule has 0 aliphatic carbocycles. The van der Waals surface area contributed by atoms with Crippen LogP contribution in [0.5, 0.6) is 0 Å². The van der Waals surface area contributed by atoms with Crippen LogP contribution in [0.25, 0.3) is 0 Å². The molecule has 0 saturated heterocycles. The molecule has 0 aromatic rings. The maximum absolute atomic E-state index is 10.3. The average Bonchev–Trinajstić information content (AvgIpc) is 2.82. The lowest BCUT2D eigenvalue weighted by Crippen LogP contribution is -2.21. The van der Waals surface area contributed by atoms with Crippen molar-refractivity contribution in [3.63, 3.8) is 0 Å². The molecule has 0 rings (SSSR count). The number of aliphatic carboxylic acids is 3. The van der Waals surface area contributed by atoms with E-state index in [9.17, 15) is 14.4 Å². The number of carboxylic acid groups (broad SMARTS) is 3. The standard InChI is InChI=1S/2C12H24O2.C6H12O2/c2*1-2-3-4-5-6-7-8-9-10-11-12(13)14;1-4-6(2,3)5(7)8/h2*2-11H2,1H3,(H,13,14);4H2,1-3H3,(H,7,8). The summed E-state index contributed by atoms with van der Waals surface area (Å²) in [6.07, 6.45) is 23.6. The summed E-state index contributed by atoms with van der Waals surface area (Å²) in [6, 6.07) is 0. The summed E-state index contributed by atoms with van der Waals surface area (Å²) in [4.78, 5) is 30.7. The first-order chi connectivity index (χ1) is 17.0. The molecule has 0 bridgehead atoms. The number of hydrogen-bond donors (Lipinski definition) is 3. The molecule has 0 aliphatic heterocycles. The third-order valence-corrected chi connectivity index (χ3v) is 6.45. The van der Waals surface area contributed by atoms with Crippen LogP contribution >= 0.6 is 0 Å². The van der Waals surface area contributed by atoms with E-state index in [-0.39, 0.29) is 0 Å². The molecule has 0 saturated carbocycles. The Bertz CT molecular complexity index is 470. The van der Waals surface area contributed by atoms with Gasteiger partial charge in [-0.1, -0.05) is 124 Å². The van der Waals surface area contributed by atoms with Gasteiger partial charge in [0.2, 0.25) is 0 Å². The average molecular weight is 517 g/mol. The zero-order valence-corrected chi connectivity index (χ0v) is 24.4. The Hall–Kier alpha value is -1.59. The topological polar surface area (TPSA) is 112 Å². The Morgan fingerprint density at radius 1 is 0.472 bits per heavy atom. The van der Waals surface area contributed by atoms with Crippen molar-refractivity contribution in [2.24, 2.45) is 5.41 Å². The van der Waals surface area contributed by atoms with Crippen molar-refractivity contribution < 1.29 is 29.7 Å². The van der Waals surface area contributed by atoms with Gasteiger partial charge in [0.05, 0.1) is 5.41 Å². The van der Waals surface area contributed by atoms with Gasteiger partial charge >= 0.3 is 17.9 Å². The first-order valence-corrected chi connectivity index (χ1v) is 14.7. The van der Waals surface area contributed by atoms with E-state index in [0.29, 0.717) is 19.3 Å². The molecular weight excluding hydrogens is 456 g/mol. The molecule has 0 atom stereocenters. The maximum atomic E-state index is 10.3. The summed E-state index contributed by atoms with van der Waals surface area (Å²) < 4.78 is 0. The molecule has 0 aromatic heterocycles. The Morgan fingerprint density at radius 2 is 0.722 bits per heavy atom. The summed E-state index contributed by atoms with van der Waals surface area (Å²) in [5.41, 5.74) is -0.542. The molecule has 0 unspecified atom stereocenters. The lowest BCUT2D eigenvalue weighted by molar-refractivity contribution is -0.147. The van der Waals surface area contributed by atoms with Crippen LogP contribution in [-0.4, -0.2) is 33.2 Å². The largest absolute Gasteiger partial charge is 0.481 e. The molecule has 0 aromatic carbocycles. The molecule has 0 spiro atoms. The smallest absolute Gasteiger partial charge is 0.309 e. The zero-order chi connectivity index (χ0) is 28.1. The highest BCUT2D eigenvalue weighted by Crippen LogP contribution is 2.18. The molecule has 3 N–H and O–H groups in total. The number of unbranched alkanes of at least 4 members (excludes halogenated alkanes) is 16. The van der Waals surface area contributed by atoms with Crippen molar-refractivity contribution in [2.45, 2.75) is 169 Å². The van der Waals surface area contributed by atoms with Crippen molar-refractivity contribution in [3.05, 3.63) is 0 Å². The monoisotopic (exact) mass is 516 g/mol. The quantitative estimate of drug-likeness (QED) is 0.123. The van der Waals surface area contributed by atoms with Gasteiger partial charge in [0.25, 0.3) is 0 Å². The number of hydrogen-bond acceptors (Lipinski definition) is 3. The fraction of sp³-hybridized carbons (Fsp3) is 0.900. The van der Waals surface area contributed by atoms with Gasteiger partial charge in [-0.25, -0.2) is 0 Å². The van der Waals surface area contributed by atoms with Crippen LogP contribution in [0.1, 0.15) is 169 Å². The zero-order valence-electron chi connectivity index (χ0n) is 24.4. The summed E-state index contributed by atoms with van der Waals surface area (Å²) in [7, 11) is 0. The Balaban J connectivity index is -0.000000472. The van der Waals surface area contributed by atoms with Gasteiger partial charge in [-0.2, -0.15) is 0 Å². The van der Waals surface area contributed by atoms with Crippen LogP contribution in [0.3, 0.4) is 0 Å². The Morgan fingerprint density at radius 3 is 0.889 bits per heavy atom. The SMILES string of the molecule is CCC(C)(C)C(=O)O.CCCCCCCCCCCC(=O)O.CCCCCCCCCCCC(=O)O. The predicted molar refractivity (Wildman–Crippen MR) is 151 cm³/mol. The molecule has 0 heterocycles. The Labute approximate surface area is 222 Å². The lowest BCUT2D eigenvalue weighted by Gasteiger charge is -2.14. The van der Waals surface area contributed by atoms with Crippen LogP contribution in [0, 0.1) is 5.41 Å². The van der Waals surface area contributed by atoms with E-state index < -0.39 is 23.3 Å². The van der Waals surface area contributed by atoms with Gasteiger partial charge in [0, 0.05) is 12.8 Å². The molecular formula is C30H60O6. The van der Waals surface area contributed by atoms with E-state index in [4.69, 9.17) is 15.3 Å². The number of rotatable bonds is 22. The summed E-state index contributed by atoms with van der Waals surface area (Å²) >= 11 is 0. The normalized spacial score (nSPS) is 10.6. The number of carbonyl (C=O) groups is 3. The summed E-state index contributed by atoms with van der Waals surface area (Å²) in [6.45, 7) is 9.76. The van der Waals surface area contributed by atoms with Gasteiger partial charge in [-0.05, 0) is 33.1 Å². The first kappa shape index (κ1) is 38.9. The minimum Gasteiger partial charge on any atom is -0.481 e. The molecule has 0 amide bonds. The Kier molecular flexibility index (Phi) is 32.1. The predicted octanol–water partition coefficient (Wildman–Crippen LogP) is 9.49. The highest BCUT2D eigenvalue weighted by molar-refractivity contribution is 5.73. The van der Waals surface area contributed by atoms with Crippen molar-refractivity contribution >= 4 is 17.9 Å². The van der Waals surface area contributed by atoms with Gasteiger partial charge in [0.15, 0.2) is 0 Å². The third-order valence-electron chi connectivity index (χ3n) is 6.45. The molecule has 0 fully saturated rings. The second kappa shape index (κ2) is 29.6. The fourth-order valence-electron chi connectivity index (χ4n) is 3.32. The van der Waals surface area contributed by atoms with Crippen molar-refractivity contribution in [2.75, 3.05) is 0 Å². The summed E-state index contributed by atoms with van der Waals surface area (Å²) in [5, 5.41) is 25.3. The minimum atomic E-state index is -0.722. The highest BCUT2D eigenvalue weighted by atomic mass is 16.4. The maximum Gasteiger partial charge on any atom is 0.309 e. The van der Waals surface area contributed by atoms with E-state index >= 15 is 0 Å². The van der Waals surface area contributed by atoms with Crippen LogP contribution in [0.2, 0.25) is 0 Å². The van der Waals surface area contributed by atoms with E-state index in [1.807, 2.05) is 6.92 Å². The first-order valence-electron chi connectivity index (χ1n) is 14.7. The second-order valence-corrected chi connectivity index (χ2v) is 10.5. The van der Waals surface area contributed by atoms with Gasteiger partial charge in [0.1, 0.15) is 0 Å².